The molecular formula is C18H20ClFN5O+. The fraction of sp³-hybridized carbons (Fsp3) is 0.389. The van der Waals surface area contributed by atoms with Crippen LogP contribution in [-0.4, -0.2) is 35.1 Å². The lowest BCUT2D eigenvalue weighted by Gasteiger charge is -2.40. The topological polar surface area (TPSA) is 65.9 Å². The van der Waals surface area contributed by atoms with Crippen molar-refractivity contribution in [3.05, 3.63) is 46.6 Å². The molecule has 26 heavy (non-hydrogen) atoms. The summed E-state index contributed by atoms with van der Waals surface area (Å²) >= 11 is 5.99. The van der Waals surface area contributed by atoms with Gasteiger partial charge >= 0.3 is 6.03 Å². The van der Waals surface area contributed by atoms with Crippen molar-refractivity contribution in [2.45, 2.75) is 32.4 Å². The number of benzene rings is 1. The highest BCUT2D eigenvalue weighted by atomic mass is 35.5. The monoisotopic (exact) mass is 376 g/mol. The molecule has 8 heteroatoms. The molecule has 2 N–H and O–H groups in total. The number of hydrogen-bond donors (Lipinski definition) is 1. The average molecular weight is 377 g/mol. The van der Waals surface area contributed by atoms with Gasteiger partial charge in [-0.1, -0.05) is 12.1 Å². The van der Waals surface area contributed by atoms with Gasteiger partial charge in [-0.15, -0.1) is 0 Å². The first kappa shape index (κ1) is 17.2. The molecule has 0 unspecified atom stereocenters. The zero-order valence-electron chi connectivity index (χ0n) is 14.5. The van der Waals surface area contributed by atoms with E-state index in [1.807, 2.05) is 0 Å². The molecule has 136 valence electrons. The molecule has 4 rings (SSSR count). The van der Waals surface area contributed by atoms with Crippen LogP contribution in [0.3, 0.4) is 0 Å². The van der Waals surface area contributed by atoms with E-state index in [0.717, 1.165) is 31.5 Å². The van der Waals surface area contributed by atoms with Crippen LogP contribution < -0.4 is 15.1 Å². The maximum atomic E-state index is 14.5. The average Bonchev–Trinajstić information content (AvgIpc) is 2.63. The van der Waals surface area contributed by atoms with Gasteiger partial charge in [0.1, 0.15) is 11.6 Å². The van der Waals surface area contributed by atoms with Gasteiger partial charge in [0.05, 0.1) is 31.4 Å². The maximum Gasteiger partial charge on any atom is 0.331 e. The minimum absolute atomic E-state index is 0.00385. The molecule has 1 aromatic heterocycles. The van der Waals surface area contributed by atoms with Crippen LogP contribution in [0.2, 0.25) is 5.28 Å². The SMILES string of the molecule is Cc1cccc(F)c1N1Cc2cnc(Cl)nc2N([C@@H]2CCC[NH2+]C2)C1=O. The standard InChI is InChI=1S/C18H19ClFN5O/c1-11-4-2-6-14(20)15(11)24-10-12-8-22-17(19)23-16(12)25(18(24)26)13-5-3-7-21-9-13/h2,4,6,8,13,21H,3,5,7,9-10H2,1H3/p+1/t13-/m1/s1. The van der Waals surface area contributed by atoms with Crippen molar-refractivity contribution in [2.24, 2.45) is 0 Å². The summed E-state index contributed by atoms with van der Waals surface area (Å²) in [5, 5.41) is 2.30. The van der Waals surface area contributed by atoms with E-state index >= 15 is 0 Å². The lowest BCUT2D eigenvalue weighted by molar-refractivity contribution is -0.663. The molecule has 1 atom stereocenters. The number of aryl methyl sites for hydroxylation is 1. The Balaban J connectivity index is 1.82. The molecule has 2 aliphatic rings. The normalized spacial score (nSPS) is 20.3. The molecule has 3 heterocycles. The van der Waals surface area contributed by atoms with Crippen LogP contribution in [0.1, 0.15) is 24.0 Å². The molecule has 1 aromatic carbocycles. The van der Waals surface area contributed by atoms with Crippen molar-refractivity contribution in [3.8, 4) is 0 Å². The highest BCUT2D eigenvalue weighted by Gasteiger charge is 2.39. The van der Waals surface area contributed by atoms with E-state index in [1.165, 1.54) is 11.0 Å². The fourth-order valence-corrected chi connectivity index (χ4v) is 3.91. The Morgan fingerprint density at radius 1 is 1.38 bits per heavy atom. The number of urea groups is 1. The zero-order valence-corrected chi connectivity index (χ0v) is 15.2. The lowest BCUT2D eigenvalue weighted by Crippen LogP contribution is -2.89. The minimum atomic E-state index is -0.410. The van der Waals surface area contributed by atoms with Crippen molar-refractivity contribution < 1.29 is 14.5 Å². The molecule has 0 radical (unpaired) electrons. The number of amides is 2. The number of halogens is 2. The second kappa shape index (κ2) is 6.81. The van der Waals surface area contributed by atoms with E-state index in [-0.39, 0.29) is 23.9 Å². The molecule has 6 nitrogen and oxygen atoms in total. The molecule has 1 saturated heterocycles. The summed E-state index contributed by atoms with van der Waals surface area (Å²) in [4.78, 5) is 24.9. The van der Waals surface area contributed by atoms with Gasteiger partial charge in [0.15, 0.2) is 0 Å². The Bertz CT molecular complexity index is 835. The summed E-state index contributed by atoms with van der Waals surface area (Å²) in [6.07, 6.45) is 3.52. The smallest absolute Gasteiger partial charge is 0.331 e. The predicted octanol–water partition coefficient (Wildman–Crippen LogP) is 2.25. The number of rotatable bonds is 2. The van der Waals surface area contributed by atoms with Crippen LogP contribution >= 0.6 is 11.6 Å². The quantitative estimate of drug-likeness (QED) is 0.817. The lowest BCUT2D eigenvalue weighted by atomic mass is 10.0. The molecule has 0 bridgehead atoms. The van der Waals surface area contributed by atoms with Crippen molar-refractivity contribution in [2.75, 3.05) is 22.9 Å². The molecule has 1 fully saturated rings. The minimum Gasteiger partial charge on any atom is -0.345 e. The molecule has 2 aliphatic heterocycles. The Hall–Kier alpha value is -2.25. The number of fused-ring (bicyclic) bond motifs is 1. The Labute approximate surface area is 156 Å². The Morgan fingerprint density at radius 2 is 2.23 bits per heavy atom. The molecule has 2 aromatic rings. The van der Waals surface area contributed by atoms with E-state index in [1.54, 1.807) is 30.2 Å². The van der Waals surface area contributed by atoms with Crippen LogP contribution in [0.5, 0.6) is 0 Å². The van der Waals surface area contributed by atoms with Gasteiger partial charge < -0.3 is 5.32 Å². The first-order valence-corrected chi connectivity index (χ1v) is 9.13. The summed E-state index contributed by atoms with van der Waals surface area (Å²) in [6.45, 7) is 3.86. The van der Waals surface area contributed by atoms with Crippen LogP contribution in [0.15, 0.2) is 24.4 Å². The number of hydrogen-bond acceptors (Lipinski definition) is 3. The van der Waals surface area contributed by atoms with Gasteiger partial charge in [-0.3, -0.25) is 9.80 Å². The number of nitrogens with zero attached hydrogens (tertiary/aromatic N) is 4. The van der Waals surface area contributed by atoms with Crippen LogP contribution in [-0.2, 0) is 6.54 Å². The fourth-order valence-electron chi connectivity index (χ4n) is 3.78. The summed E-state index contributed by atoms with van der Waals surface area (Å²) in [7, 11) is 0. The number of carbonyl (C=O) groups excluding carboxylic acids is 1. The number of para-hydroxylation sites is 1. The maximum absolute atomic E-state index is 14.5. The first-order valence-electron chi connectivity index (χ1n) is 8.75. The number of carbonyl (C=O) groups is 1. The molecule has 2 amide bonds. The third-order valence-corrected chi connectivity index (χ3v) is 5.20. The summed E-state index contributed by atoms with van der Waals surface area (Å²) in [6, 6.07) is 4.56. The number of nitrogens with two attached hydrogens (primary N) is 1. The third kappa shape index (κ3) is 2.91. The summed E-state index contributed by atoms with van der Waals surface area (Å²) in [5.74, 6) is 0.132. The van der Waals surface area contributed by atoms with Gasteiger partial charge in [0.25, 0.3) is 0 Å². The summed E-state index contributed by atoms with van der Waals surface area (Å²) < 4.78 is 14.5. The largest absolute Gasteiger partial charge is 0.345 e. The van der Waals surface area contributed by atoms with E-state index < -0.39 is 5.82 Å². The number of piperidine rings is 1. The van der Waals surface area contributed by atoms with Crippen LogP contribution in [0.4, 0.5) is 20.7 Å². The first-order chi connectivity index (χ1) is 12.6. The number of anilines is 2. The third-order valence-electron chi connectivity index (χ3n) is 5.01. The predicted molar refractivity (Wildman–Crippen MR) is 96.9 cm³/mol. The van der Waals surface area contributed by atoms with Gasteiger partial charge in [0.2, 0.25) is 5.28 Å². The van der Waals surface area contributed by atoms with Crippen molar-refractivity contribution in [1.29, 1.82) is 0 Å². The highest BCUT2D eigenvalue weighted by Crippen LogP contribution is 2.35. The van der Waals surface area contributed by atoms with Crippen LogP contribution in [0.25, 0.3) is 0 Å². The van der Waals surface area contributed by atoms with Crippen LogP contribution in [0, 0.1) is 12.7 Å². The zero-order chi connectivity index (χ0) is 18.3. The highest BCUT2D eigenvalue weighted by molar-refractivity contribution is 6.28. The van der Waals surface area contributed by atoms with Crippen molar-refractivity contribution in [1.82, 2.24) is 9.97 Å². The molecule has 0 saturated carbocycles. The second-order valence-electron chi connectivity index (χ2n) is 6.74. The van der Waals surface area contributed by atoms with Gasteiger partial charge in [-0.25, -0.2) is 14.2 Å². The second-order valence-corrected chi connectivity index (χ2v) is 7.08. The number of aromatic nitrogens is 2. The van der Waals surface area contributed by atoms with Crippen molar-refractivity contribution >= 4 is 29.1 Å². The van der Waals surface area contributed by atoms with Crippen molar-refractivity contribution in [3.63, 3.8) is 0 Å². The Kier molecular flexibility index (Phi) is 4.50. The van der Waals surface area contributed by atoms with E-state index in [9.17, 15) is 9.18 Å². The van der Waals surface area contributed by atoms with E-state index in [2.05, 4.69) is 15.3 Å². The molecule has 0 aliphatic carbocycles. The van der Waals surface area contributed by atoms with Gasteiger partial charge in [-0.05, 0) is 43.0 Å². The molecular weight excluding hydrogens is 357 g/mol. The van der Waals surface area contributed by atoms with Gasteiger partial charge in [0, 0.05) is 11.8 Å². The summed E-state index contributed by atoms with van der Waals surface area (Å²) in [5.41, 5.74) is 1.79. The Morgan fingerprint density at radius 3 is 2.96 bits per heavy atom. The van der Waals surface area contributed by atoms with Gasteiger partial charge in [-0.2, -0.15) is 4.98 Å². The molecule has 0 spiro atoms. The number of quaternary nitrogens is 1. The van der Waals surface area contributed by atoms with E-state index in [0.29, 0.717) is 17.1 Å². The van der Waals surface area contributed by atoms with E-state index in [4.69, 9.17) is 11.6 Å².